The summed E-state index contributed by atoms with van der Waals surface area (Å²) in [5.41, 5.74) is 2.06. The predicted octanol–water partition coefficient (Wildman–Crippen LogP) is 1.68. The van der Waals surface area contributed by atoms with Crippen LogP contribution in [0.3, 0.4) is 0 Å². The van der Waals surface area contributed by atoms with Crippen LogP contribution in [0.15, 0.2) is 22.6 Å². The third kappa shape index (κ3) is 2.13. The van der Waals surface area contributed by atoms with Crippen LogP contribution in [-0.4, -0.2) is 40.0 Å². The SMILES string of the molecule is Cc1ccc2oc(C(=O)N3CC[C@H](C(=O)O)C3)cc2n1. The molecule has 6 nitrogen and oxygen atoms in total. The molecule has 0 unspecified atom stereocenters. The minimum atomic E-state index is -0.859. The number of rotatable bonds is 2. The number of carbonyl (C=O) groups excluding carboxylic acids is 1. The Kier molecular flexibility index (Phi) is 2.93. The van der Waals surface area contributed by atoms with Gasteiger partial charge in [0.25, 0.3) is 5.91 Å². The number of aryl methyl sites for hydroxylation is 1. The topological polar surface area (TPSA) is 83.6 Å². The molecule has 0 aliphatic carbocycles. The van der Waals surface area contributed by atoms with Crippen molar-refractivity contribution in [2.45, 2.75) is 13.3 Å². The predicted molar refractivity (Wildman–Crippen MR) is 70.4 cm³/mol. The molecule has 0 spiro atoms. The summed E-state index contributed by atoms with van der Waals surface area (Å²) in [6.07, 6.45) is 0.485. The maximum Gasteiger partial charge on any atom is 0.308 e. The van der Waals surface area contributed by atoms with E-state index in [1.165, 1.54) is 4.90 Å². The van der Waals surface area contributed by atoms with Crippen molar-refractivity contribution in [3.63, 3.8) is 0 Å². The normalized spacial score (nSPS) is 18.6. The zero-order valence-corrected chi connectivity index (χ0v) is 11.0. The fraction of sp³-hybridized carbons (Fsp3) is 0.357. The number of fused-ring (bicyclic) bond motifs is 1. The van der Waals surface area contributed by atoms with E-state index >= 15 is 0 Å². The Morgan fingerprint density at radius 3 is 2.95 bits per heavy atom. The van der Waals surface area contributed by atoms with E-state index in [4.69, 9.17) is 9.52 Å². The zero-order valence-electron chi connectivity index (χ0n) is 11.0. The molecule has 1 N–H and O–H groups in total. The number of carboxylic acid groups (broad SMARTS) is 1. The molecule has 0 aromatic carbocycles. The number of nitrogens with zero attached hydrogens (tertiary/aromatic N) is 2. The van der Waals surface area contributed by atoms with Gasteiger partial charge in [0, 0.05) is 24.8 Å². The summed E-state index contributed by atoms with van der Waals surface area (Å²) in [7, 11) is 0. The zero-order chi connectivity index (χ0) is 14.3. The van der Waals surface area contributed by atoms with Crippen molar-refractivity contribution in [3.8, 4) is 0 Å². The summed E-state index contributed by atoms with van der Waals surface area (Å²) in [5, 5.41) is 8.96. The Morgan fingerprint density at radius 1 is 1.45 bits per heavy atom. The van der Waals surface area contributed by atoms with Crippen molar-refractivity contribution in [2.24, 2.45) is 5.92 Å². The molecule has 1 atom stereocenters. The van der Waals surface area contributed by atoms with Crippen molar-refractivity contribution in [1.29, 1.82) is 0 Å². The van der Waals surface area contributed by atoms with E-state index in [1.807, 2.05) is 13.0 Å². The molecule has 2 aromatic rings. The first-order valence-corrected chi connectivity index (χ1v) is 6.44. The summed E-state index contributed by atoms with van der Waals surface area (Å²) >= 11 is 0. The highest BCUT2D eigenvalue weighted by atomic mass is 16.4. The molecule has 3 heterocycles. The monoisotopic (exact) mass is 274 g/mol. The summed E-state index contributed by atoms with van der Waals surface area (Å²) in [6, 6.07) is 5.20. The second kappa shape index (κ2) is 4.63. The van der Waals surface area contributed by atoms with Gasteiger partial charge in [0.15, 0.2) is 11.3 Å². The Bertz CT molecular complexity index is 692. The minimum absolute atomic E-state index is 0.212. The molecule has 0 saturated carbocycles. The second-order valence-electron chi connectivity index (χ2n) is 5.02. The molecule has 2 aromatic heterocycles. The highest BCUT2D eigenvalue weighted by Crippen LogP contribution is 2.23. The van der Waals surface area contributed by atoms with Crippen LogP contribution in [0.4, 0.5) is 0 Å². The van der Waals surface area contributed by atoms with Gasteiger partial charge in [0.1, 0.15) is 5.52 Å². The molecule has 1 aliphatic rings. The number of aliphatic carboxylic acids is 1. The van der Waals surface area contributed by atoms with Crippen LogP contribution in [0.25, 0.3) is 11.1 Å². The number of aromatic nitrogens is 1. The van der Waals surface area contributed by atoms with Crippen LogP contribution < -0.4 is 0 Å². The number of amides is 1. The number of carboxylic acids is 1. The van der Waals surface area contributed by atoms with Gasteiger partial charge in [-0.15, -0.1) is 0 Å². The van der Waals surface area contributed by atoms with Gasteiger partial charge >= 0.3 is 5.97 Å². The third-order valence-corrected chi connectivity index (χ3v) is 3.55. The number of carbonyl (C=O) groups is 2. The quantitative estimate of drug-likeness (QED) is 0.900. The van der Waals surface area contributed by atoms with Gasteiger partial charge in [-0.05, 0) is 25.5 Å². The van der Waals surface area contributed by atoms with Crippen LogP contribution in [0, 0.1) is 12.8 Å². The summed E-state index contributed by atoms with van der Waals surface area (Å²) in [5.74, 6) is -1.40. The summed E-state index contributed by atoms with van der Waals surface area (Å²) in [6.45, 7) is 2.54. The van der Waals surface area contributed by atoms with E-state index < -0.39 is 11.9 Å². The Balaban J connectivity index is 1.84. The molecule has 0 radical (unpaired) electrons. The highest BCUT2D eigenvalue weighted by Gasteiger charge is 2.32. The maximum absolute atomic E-state index is 12.3. The Morgan fingerprint density at radius 2 is 2.25 bits per heavy atom. The van der Waals surface area contributed by atoms with Gasteiger partial charge in [-0.2, -0.15) is 0 Å². The average molecular weight is 274 g/mol. The lowest BCUT2D eigenvalue weighted by molar-refractivity contribution is -0.141. The molecular weight excluding hydrogens is 260 g/mol. The van der Waals surface area contributed by atoms with Crippen molar-refractivity contribution < 1.29 is 19.1 Å². The van der Waals surface area contributed by atoms with Gasteiger partial charge < -0.3 is 14.4 Å². The number of furan rings is 1. The minimum Gasteiger partial charge on any atom is -0.481 e. The molecule has 6 heteroatoms. The molecule has 1 fully saturated rings. The van der Waals surface area contributed by atoms with E-state index in [2.05, 4.69) is 4.98 Å². The highest BCUT2D eigenvalue weighted by molar-refractivity contribution is 5.95. The third-order valence-electron chi connectivity index (χ3n) is 3.55. The van der Waals surface area contributed by atoms with Crippen molar-refractivity contribution >= 4 is 23.0 Å². The maximum atomic E-state index is 12.3. The van der Waals surface area contributed by atoms with Crippen LogP contribution in [-0.2, 0) is 4.79 Å². The molecule has 3 rings (SSSR count). The molecule has 104 valence electrons. The van der Waals surface area contributed by atoms with Crippen LogP contribution in [0.1, 0.15) is 22.7 Å². The van der Waals surface area contributed by atoms with Crippen molar-refractivity contribution in [3.05, 3.63) is 29.7 Å². The molecule has 0 bridgehead atoms. The van der Waals surface area contributed by atoms with E-state index in [1.54, 1.807) is 12.1 Å². The van der Waals surface area contributed by atoms with Gasteiger partial charge in [0.05, 0.1) is 5.92 Å². The smallest absolute Gasteiger partial charge is 0.308 e. The number of pyridine rings is 1. The molecule has 1 aliphatic heterocycles. The van der Waals surface area contributed by atoms with E-state index in [9.17, 15) is 9.59 Å². The molecule has 1 saturated heterocycles. The van der Waals surface area contributed by atoms with Gasteiger partial charge in [-0.25, -0.2) is 4.98 Å². The molecular formula is C14H14N2O4. The van der Waals surface area contributed by atoms with E-state index in [0.717, 1.165) is 5.69 Å². The van der Waals surface area contributed by atoms with Crippen molar-refractivity contribution in [1.82, 2.24) is 9.88 Å². The fourth-order valence-electron chi connectivity index (χ4n) is 2.43. The lowest BCUT2D eigenvalue weighted by Gasteiger charge is -2.13. The number of likely N-dealkylation sites (tertiary alicyclic amines) is 1. The van der Waals surface area contributed by atoms with Crippen LogP contribution in [0.5, 0.6) is 0 Å². The van der Waals surface area contributed by atoms with Gasteiger partial charge in [-0.1, -0.05) is 0 Å². The standard InChI is InChI=1S/C14H14N2O4/c1-8-2-3-11-10(15-8)6-12(20-11)13(17)16-5-4-9(7-16)14(18)19/h2-3,6,9H,4-5,7H2,1H3,(H,18,19)/t9-/m0/s1. The molecule has 1 amide bonds. The number of hydrogen-bond acceptors (Lipinski definition) is 4. The van der Waals surface area contributed by atoms with Gasteiger partial charge in [-0.3, -0.25) is 9.59 Å². The number of hydrogen-bond donors (Lipinski definition) is 1. The lowest BCUT2D eigenvalue weighted by atomic mass is 10.1. The van der Waals surface area contributed by atoms with E-state index in [0.29, 0.717) is 24.1 Å². The van der Waals surface area contributed by atoms with Crippen molar-refractivity contribution in [2.75, 3.05) is 13.1 Å². The Labute approximate surface area is 115 Å². The summed E-state index contributed by atoms with van der Waals surface area (Å²) in [4.78, 5) is 29.0. The summed E-state index contributed by atoms with van der Waals surface area (Å²) < 4.78 is 5.49. The van der Waals surface area contributed by atoms with E-state index in [-0.39, 0.29) is 18.2 Å². The average Bonchev–Trinajstić information content (AvgIpc) is 3.03. The molecule has 20 heavy (non-hydrogen) atoms. The lowest BCUT2D eigenvalue weighted by Crippen LogP contribution is -2.29. The first-order valence-electron chi connectivity index (χ1n) is 6.44. The van der Waals surface area contributed by atoms with Crippen LogP contribution in [0.2, 0.25) is 0 Å². The second-order valence-corrected chi connectivity index (χ2v) is 5.02. The van der Waals surface area contributed by atoms with Gasteiger partial charge in [0.2, 0.25) is 0 Å². The first-order chi connectivity index (χ1) is 9.54. The van der Waals surface area contributed by atoms with Crippen LogP contribution >= 0.6 is 0 Å². The largest absolute Gasteiger partial charge is 0.481 e. The Hall–Kier alpha value is -2.37. The first kappa shape index (κ1) is 12.7. The fourth-order valence-corrected chi connectivity index (χ4v) is 2.43.